The lowest BCUT2D eigenvalue weighted by Crippen LogP contribution is -2.41. The van der Waals surface area contributed by atoms with Gasteiger partial charge in [-0.15, -0.1) is 0 Å². The second kappa shape index (κ2) is 79.5. The molecule has 810 valence electrons. The number of benzene rings is 10. The summed E-state index contributed by atoms with van der Waals surface area (Å²) in [6, 6.07) is 88.0. The van der Waals surface area contributed by atoms with Crippen LogP contribution in [0.1, 0.15) is 366 Å². The van der Waals surface area contributed by atoms with Gasteiger partial charge in [-0.3, -0.25) is 0 Å². The Labute approximate surface area is 889 Å². The molecule has 0 bridgehead atoms. The van der Waals surface area contributed by atoms with Crippen LogP contribution in [-0.4, -0.2) is 107 Å². The first-order valence-electron chi connectivity index (χ1n) is 56.9. The average Bonchev–Trinajstić information content (AvgIpc) is 0.872. The van der Waals surface area contributed by atoms with Crippen molar-refractivity contribution in [3.05, 3.63) is 310 Å². The van der Waals surface area contributed by atoms with E-state index in [4.69, 9.17) is 43.0 Å². The van der Waals surface area contributed by atoms with Crippen LogP contribution in [0, 0.1) is 17.8 Å². The van der Waals surface area contributed by atoms with E-state index in [1.165, 1.54) is 107 Å². The Kier molecular flexibility index (Phi) is 70.1. The normalized spacial score (nSPS) is 11.9. The van der Waals surface area contributed by atoms with Crippen molar-refractivity contribution in [1.82, 2.24) is 0 Å². The van der Waals surface area contributed by atoms with Gasteiger partial charge in [-0.05, 0) is 377 Å². The molecule has 5 N–H and O–H groups in total. The Balaban J connectivity index is 0.000000348. The van der Waals surface area contributed by atoms with E-state index in [1.807, 2.05) is 80.6 Å². The summed E-state index contributed by atoms with van der Waals surface area (Å²) in [5.41, 5.74) is 11.2. The lowest BCUT2D eigenvalue weighted by atomic mass is 9.76. The standard InChI is InChI=1S/C20H34O2.C18H30O2.C18H22O.C17H20O.C16H24O2.C15H24O2.C15H24O.C14H22O2/c1-4-7-13-20(21,14-8-5-2)15-12-18-10-9-11-19(17-18)22-16-6-3;1-6-12-20-17-9-7-8-16(13-17)10-11-18(19,14(2)3)15(4)5;1-2-14-19-18-13-7-12-17(15-18)11-6-10-16-8-4-3-5-9-16;1-2-13-18-17-10-6-9-16(14-17)12-11-15-7-4-3-5-8-15;1-2-12-18-15-7-5-6-14(13-15)8-11-16(17)9-3-4-10-16;1-2-12-17-15-10-7-9-14(13-15)8-5-3-4-6-11-16;1-4-11-16-15-10-6-9-14(12-15)8-5-7-13(2)3;1-4-10-16-13-7-5-6-12(11-13)8-9-14(2,3)15/h9-11,17,21H,4-8,12-16H2,1-3H3;7-9,13-15,19H,6,10-12H2,1-5H3;3-5,7-9,12-13,15H,2,6,10-11,14H2,1H3;3-10,14H,2,11-13H2,1H3;5-7,13,17H,2-4,8-12H2,1H3;7,9-10,13,16H,2-6,8,11-12H2,1H3;6,9-10,12-13H,4-5,7-8,11H2,1-3H3;5-7,11,15H,4,8-10H2,1-3H3. The Hall–Kier alpha value is -9.60. The molecule has 0 aliphatic heterocycles. The first-order chi connectivity index (χ1) is 70.6. The van der Waals surface area contributed by atoms with E-state index in [-0.39, 0.29) is 11.8 Å². The summed E-state index contributed by atoms with van der Waals surface area (Å²) >= 11 is 0. The first kappa shape index (κ1) is 129. The summed E-state index contributed by atoms with van der Waals surface area (Å²) in [4.78, 5) is 0. The smallest absolute Gasteiger partial charge is 0.119 e. The Morgan fingerprint density at radius 3 is 0.822 bits per heavy atom. The number of aliphatic hydroxyl groups is 5. The molecule has 0 heterocycles. The van der Waals surface area contributed by atoms with Crippen molar-refractivity contribution >= 4 is 0 Å². The number of rotatable bonds is 61. The van der Waals surface area contributed by atoms with Gasteiger partial charge in [0.2, 0.25) is 0 Å². The zero-order valence-corrected chi connectivity index (χ0v) is 94.4. The molecule has 1 aliphatic carbocycles. The van der Waals surface area contributed by atoms with Gasteiger partial charge in [-0.1, -0.05) is 326 Å². The molecule has 0 atom stereocenters. The van der Waals surface area contributed by atoms with Gasteiger partial charge in [-0.25, -0.2) is 0 Å². The molecule has 11 rings (SSSR count). The van der Waals surface area contributed by atoms with E-state index >= 15 is 0 Å². The molecule has 1 saturated carbocycles. The minimum Gasteiger partial charge on any atom is -0.494 e. The van der Waals surface area contributed by atoms with Gasteiger partial charge >= 0.3 is 0 Å². The minimum atomic E-state index is -0.597. The zero-order chi connectivity index (χ0) is 106. The van der Waals surface area contributed by atoms with Crippen molar-refractivity contribution < 1.29 is 63.4 Å². The highest BCUT2D eigenvalue weighted by Crippen LogP contribution is 2.36. The molecular formula is C133H200O13. The Morgan fingerprint density at radius 2 is 0.521 bits per heavy atom. The topological polar surface area (TPSA) is 175 Å². The maximum Gasteiger partial charge on any atom is 0.119 e. The lowest BCUT2D eigenvalue weighted by molar-refractivity contribution is -0.0534. The molecule has 13 heteroatoms. The highest BCUT2D eigenvalue weighted by Gasteiger charge is 2.34. The molecule has 0 aromatic heterocycles. The molecule has 13 nitrogen and oxygen atoms in total. The largest absolute Gasteiger partial charge is 0.494 e. The minimum absolute atomic E-state index is 0.266. The maximum atomic E-state index is 10.9. The fourth-order valence-corrected chi connectivity index (χ4v) is 17.1. The van der Waals surface area contributed by atoms with Crippen LogP contribution in [-0.2, 0) is 64.2 Å². The Morgan fingerprint density at radius 1 is 0.260 bits per heavy atom. The van der Waals surface area contributed by atoms with Crippen molar-refractivity contribution in [3.8, 4) is 46.0 Å². The van der Waals surface area contributed by atoms with Crippen molar-refractivity contribution in [1.29, 1.82) is 0 Å². The van der Waals surface area contributed by atoms with Gasteiger partial charge in [-0.2, -0.15) is 0 Å². The molecule has 146 heavy (non-hydrogen) atoms. The van der Waals surface area contributed by atoms with Gasteiger partial charge < -0.3 is 63.4 Å². The highest BCUT2D eigenvalue weighted by atomic mass is 16.5. The van der Waals surface area contributed by atoms with E-state index in [0.29, 0.717) is 6.61 Å². The molecule has 0 radical (unpaired) electrons. The summed E-state index contributed by atoms with van der Waals surface area (Å²) in [6.07, 6.45) is 40.8. The van der Waals surface area contributed by atoms with Gasteiger partial charge in [0.05, 0.1) is 75.3 Å². The molecule has 0 spiro atoms. The van der Waals surface area contributed by atoms with E-state index < -0.39 is 22.4 Å². The van der Waals surface area contributed by atoms with Gasteiger partial charge in [0, 0.05) is 6.61 Å². The quantitative estimate of drug-likeness (QED) is 0.0228. The molecule has 0 unspecified atom stereocenters. The third-order valence-electron chi connectivity index (χ3n) is 26.0. The van der Waals surface area contributed by atoms with Crippen molar-refractivity contribution in [2.24, 2.45) is 17.8 Å². The third kappa shape index (κ3) is 61.4. The van der Waals surface area contributed by atoms with Crippen LogP contribution in [0.4, 0.5) is 0 Å². The molecular weight excluding hydrogens is 1810 g/mol. The van der Waals surface area contributed by atoms with Crippen LogP contribution in [0.15, 0.2) is 255 Å². The van der Waals surface area contributed by atoms with Crippen molar-refractivity contribution in [2.45, 2.75) is 397 Å². The van der Waals surface area contributed by atoms with E-state index in [1.54, 1.807) is 0 Å². The number of ether oxygens (including phenoxy) is 8. The molecule has 0 amide bonds. The number of hydrogen-bond donors (Lipinski definition) is 5. The fourth-order valence-electron chi connectivity index (χ4n) is 17.1. The number of aryl methyl sites for hydroxylation is 10. The first-order valence-corrected chi connectivity index (χ1v) is 56.9. The number of unbranched alkanes of at least 4 members (excludes halogenated alkanes) is 5. The summed E-state index contributed by atoms with van der Waals surface area (Å²) < 4.78 is 45.1. The second-order valence-electron chi connectivity index (χ2n) is 41.4. The number of aliphatic hydroxyl groups excluding tert-OH is 1. The van der Waals surface area contributed by atoms with E-state index in [0.717, 1.165) is 304 Å². The second-order valence-corrected chi connectivity index (χ2v) is 41.4. The summed E-state index contributed by atoms with van der Waals surface area (Å²) in [5, 5.41) is 50.4. The molecule has 0 saturated heterocycles. The molecule has 1 fully saturated rings. The van der Waals surface area contributed by atoms with Crippen LogP contribution in [0.3, 0.4) is 0 Å². The van der Waals surface area contributed by atoms with Gasteiger partial charge in [0.25, 0.3) is 0 Å². The van der Waals surface area contributed by atoms with Crippen LogP contribution in [0.2, 0.25) is 0 Å². The van der Waals surface area contributed by atoms with Crippen LogP contribution >= 0.6 is 0 Å². The van der Waals surface area contributed by atoms with E-state index in [9.17, 15) is 20.4 Å². The summed E-state index contributed by atoms with van der Waals surface area (Å²) in [6.45, 7) is 44.5. The summed E-state index contributed by atoms with van der Waals surface area (Å²) in [5.74, 6) is 9.09. The predicted molar refractivity (Wildman–Crippen MR) is 619 cm³/mol. The summed E-state index contributed by atoms with van der Waals surface area (Å²) in [7, 11) is 0. The van der Waals surface area contributed by atoms with Gasteiger partial charge in [0.1, 0.15) is 46.0 Å². The van der Waals surface area contributed by atoms with Gasteiger partial charge in [0.15, 0.2) is 0 Å². The molecule has 10 aromatic carbocycles. The van der Waals surface area contributed by atoms with Crippen molar-refractivity contribution in [2.75, 3.05) is 59.5 Å². The van der Waals surface area contributed by atoms with Crippen LogP contribution in [0.5, 0.6) is 46.0 Å². The highest BCUT2D eigenvalue weighted by molar-refractivity contribution is 5.36. The number of hydrogen-bond acceptors (Lipinski definition) is 13. The lowest BCUT2D eigenvalue weighted by Gasteiger charge is -2.36. The fraction of sp³-hybridized carbons (Fsp3) is 0.549. The predicted octanol–water partition coefficient (Wildman–Crippen LogP) is 33.8. The monoisotopic (exact) mass is 2010 g/mol. The van der Waals surface area contributed by atoms with Crippen molar-refractivity contribution in [3.63, 3.8) is 0 Å². The third-order valence-corrected chi connectivity index (χ3v) is 26.0. The maximum absolute atomic E-state index is 10.9. The molecule has 10 aromatic rings. The van der Waals surface area contributed by atoms with Crippen LogP contribution < -0.4 is 37.9 Å². The van der Waals surface area contributed by atoms with E-state index in [2.05, 4.69) is 299 Å². The zero-order valence-electron chi connectivity index (χ0n) is 94.4. The SMILES string of the molecule is CCCCC(O)(CCCC)CCc1cccc(OCCC)c1.CCCOc1cccc(CCC(C)(C)O)c1.CCCOc1cccc(CCC(O)(C(C)C)C(C)C)c1.CCCOc1cccc(CCC2(O)CCCC2)c1.CCCOc1cccc(CCCC(C)C)c1.CCCOc1cccc(CCCCCCO)c1.CCCOc1cccc(CCCc2ccccc2)c1.CCCOc1cccc(CCc2ccccc2)c1. The molecule has 1 aliphatic rings. The average molecular weight is 2010 g/mol. The van der Waals surface area contributed by atoms with Crippen LogP contribution in [0.25, 0.3) is 0 Å². The Bertz CT molecular complexity index is 4780.